The molecule has 23 rings (SSSR count). The molecular weight excluding hydrogens is 2090 g/mol. The molecule has 0 amide bonds. The van der Waals surface area contributed by atoms with E-state index in [0.717, 1.165) is 101 Å². The van der Waals surface area contributed by atoms with Gasteiger partial charge in [-0.15, -0.1) is 215 Å². The molecule has 0 saturated carbocycles. The van der Waals surface area contributed by atoms with Gasteiger partial charge >= 0.3 is 0 Å². The zero-order valence-corrected chi connectivity index (χ0v) is 77.3. The largest absolute Gasteiger partial charge is 0.305 e. The zero-order valence-electron chi connectivity index (χ0n) is 70.1. The molecule has 0 fully saturated rings. The Kier molecular flexibility index (Phi) is 29.3. The number of nitrogens with zero attached hydrogens (tertiary/aromatic N) is 8. The van der Waals surface area contributed by atoms with Gasteiger partial charge in [0.05, 0.1) is 11.0 Å². The van der Waals surface area contributed by atoms with E-state index in [-0.39, 0.29) is 60.3 Å². The van der Waals surface area contributed by atoms with E-state index in [1.807, 2.05) is 231 Å². The second-order valence-electron chi connectivity index (χ2n) is 30.1. The second kappa shape index (κ2) is 42.5. The number of benzene rings is 15. The molecule has 0 N–H and O–H groups in total. The molecule has 0 aliphatic carbocycles. The fourth-order valence-corrected chi connectivity index (χ4v) is 16.0. The maximum atomic E-state index is 4.92. The van der Waals surface area contributed by atoms with Gasteiger partial charge in [0, 0.05) is 154 Å². The van der Waals surface area contributed by atoms with Gasteiger partial charge in [-0.2, -0.15) is 0 Å². The van der Waals surface area contributed by atoms with Crippen LogP contribution in [0.25, 0.3) is 187 Å². The van der Waals surface area contributed by atoms with Gasteiger partial charge < -0.3 is 29.9 Å². The van der Waals surface area contributed by atoms with E-state index in [0.29, 0.717) is 0 Å². The van der Waals surface area contributed by atoms with Crippen LogP contribution in [0, 0.1) is 57.2 Å². The van der Waals surface area contributed by atoms with Gasteiger partial charge in [-0.1, -0.05) is 194 Å². The van der Waals surface area contributed by atoms with Crippen molar-refractivity contribution in [2.75, 3.05) is 0 Å². The third-order valence-electron chi connectivity index (χ3n) is 22.1. The Labute approximate surface area is 786 Å². The smallest absolute Gasteiger partial charge is 0.0787 e. The average molecular weight is 2170 g/mol. The summed E-state index contributed by atoms with van der Waals surface area (Å²) in [5, 5.41) is 17.4. The van der Waals surface area contributed by atoms with Crippen LogP contribution < -0.4 is 0 Å². The van der Waals surface area contributed by atoms with Crippen LogP contribution >= 0.6 is 0 Å². The average Bonchev–Trinajstić information content (AvgIpc) is 0.737. The molecule has 0 spiro atoms. The molecule has 8 aromatic heterocycles. The van der Waals surface area contributed by atoms with Crippen LogP contribution in [0.15, 0.2) is 432 Å². The summed E-state index contributed by atoms with van der Waals surface area (Å²) >= 11 is 0. The van der Waals surface area contributed by atoms with Crippen molar-refractivity contribution in [1.82, 2.24) is 39.9 Å². The number of aromatic nitrogens is 8. The summed E-state index contributed by atoms with van der Waals surface area (Å²) in [6.07, 6.45) is 15.1. The molecule has 0 saturated heterocycles. The van der Waals surface area contributed by atoms with Crippen LogP contribution in [0.1, 0.15) is 16.7 Å². The second-order valence-corrected chi connectivity index (χ2v) is 30.1. The van der Waals surface area contributed by atoms with Crippen LogP contribution in [-0.4, -0.2) is 39.9 Å². The molecule has 0 bridgehead atoms. The Hall–Kier alpha value is -14.5. The first-order valence-corrected chi connectivity index (χ1v) is 41.6. The molecular formula is C117H80Ir3N8-6. The topological polar surface area (TPSA) is 103 Å². The third kappa shape index (κ3) is 20.1. The summed E-state index contributed by atoms with van der Waals surface area (Å²) in [4.78, 5) is 36.4. The van der Waals surface area contributed by atoms with E-state index in [9.17, 15) is 0 Å². The van der Waals surface area contributed by atoms with Crippen LogP contribution in [-0.2, 0) is 60.3 Å². The predicted octanol–water partition coefficient (Wildman–Crippen LogP) is 29.2. The summed E-state index contributed by atoms with van der Waals surface area (Å²) in [5.41, 5.74) is 24.4. The zero-order chi connectivity index (χ0) is 84.5. The van der Waals surface area contributed by atoms with Crippen molar-refractivity contribution in [3.05, 3.63) is 485 Å². The van der Waals surface area contributed by atoms with Gasteiger partial charge in [0.2, 0.25) is 0 Å². The Balaban J connectivity index is 0.000000123. The van der Waals surface area contributed by atoms with Crippen LogP contribution in [0.2, 0.25) is 0 Å². The minimum absolute atomic E-state index is 0. The third-order valence-corrected chi connectivity index (χ3v) is 22.1. The number of rotatable bonds is 9. The number of hydrogen-bond donors (Lipinski definition) is 0. The van der Waals surface area contributed by atoms with Gasteiger partial charge in [0.1, 0.15) is 0 Å². The predicted molar refractivity (Wildman–Crippen MR) is 517 cm³/mol. The molecule has 0 aliphatic rings. The summed E-state index contributed by atoms with van der Waals surface area (Å²) in [7, 11) is 0. The number of fused-ring (bicyclic) bond motifs is 15. The standard InChI is InChI=1S/C30H20N.C29H19N2.C25H17N2.3C11H8N.3Ir/c1-20-17-30(21-9-3-2-4-10-21)31-19-29(20)22-15-16-27-25-13-6-5-11-23(25)24-12-7-8-14-26(24)28(27)18-22;1-19-15-28(20-9-3-2-4-10-20)30-18-27(19)21-16-26-24-13-6-5-11-22(24)23-12-7-8-14-25(23)29(26)31-17-21;1-17-14-24(18-8-3-2-4-9-18)27-16-23(17)22-15-19-10-5-6-11-20(19)25-21(22)12-7-13-26-25;3*1-2-6-10(7-3-1)11-8-4-5-9-12-11;;;/h2-9,11-19H,1H3;2-9,11-18H,1H3;2-8,10-16H,1H3;3*1-6,8-9H;;;/q6*-1;;;. The molecule has 621 valence electrons. The van der Waals surface area contributed by atoms with E-state index in [1.54, 1.807) is 18.6 Å². The first-order chi connectivity index (χ1) is 61.8. The van der Waals surface area contributed by atoms with Crippen molar-refractivity contribution in [3.63, 3.8) is 0 Å². The van der Waals surface area contributed by atoms with E-state index in [1.165, 1.54) is 103 Å². The fraction of sp³-hybridized carbons (Fsp3) is 0.0256. The molecule has 128 heavy (non-hydrogen) atoms. The molecule has 0 atom stereocenters. The quantitative estimate of drug-likeness (QED) is 0.104. The van der Waals surface area contributed by atoms with Crippen molar-refractivity contribution in [2.45, 2.75) is 20.8 Å². The molecule has 0 unspecified atom stereocenters. The van der Waals surface area contributed by atoms with E-state index in [4.69, 9.17) is 19.9 Å². The maximum Gasteiger partial charge on any atom is 0.0787 e. The van der Waals surface area contributed by atoms with Crippen molar-refractivity contribution in [1.29, 1.82) is 0 Å². The minimum atomic E-state index is 0. The van der Waals surface area contributed by atoms with Crippen molar-refractivity contribution >= 4 is 86.4 Å². The molecule has 3 radical (unpaired) electrons. The molecule has 11 heteroatoms. The first-order valence-electron chi connectivity index (χ1n) is 41.6. The van der Waals surface area contributed by atoms with E-state index >= 15 is 0 Å². The monoisotopic (exact) mass is 2180 g/mol. The van der Waals surface area contributed by atoms with E-state index < -0.39 is 0 Å². The van der Waals surface area contributed by atoms with Gasteiger partial charge in [0.25, 0.3) is 0 Å². The van der Waals surface area contributed by atoms with Crippen LogP contribution in [0.4, 0.5) is 0 Å². The first kappa shape index (κ1) is 88.4. The van der Waals surface area contributed by atoms with E-state index in [2.05, 4.69) is 259 Å². The van der Waals surface area contributed by atoms with Gasteiger partial charge in [0.15, 0.2) is 0 Å². The van der Waals surface area contributed by atoms with Crippen molar-refractivity contribution in [3.8, 4) is 101 Å². The van der Waals surface area contributed by atoms with Gasteiger partial charge in [-0.05, 0) is 179 Å². The van der Waals surface area contributed by atoms with Crippen LogP contribution in [0.3, 0.4) is 0 Å². The fourth-order valence-electron chi connectivity index (χ4n) is 16.0. The maximum absolute atomic E-state index is 4.92. The van der Waals surface area contributed by atoms with Gasteiger partial charge in [-0.25, -0.2) is 0 Å². The van der Waals surface area contributed by atoms with Crippen molar-refractivity contribution < 1.29 is 60.3 Å². The summed E-state index contributed by atoms with van der Waals surface area (Å²) < 4.78 is 0. The Morgan fingerprint density at radius 3 is 0.875 bits per heavy atom. The number of pyridine rings is 8. The summed E-state index contributed by atoms with van der Waals surface area (Å²) in [6, 6.07) is 149. The van der Waals surface area contributed by atoms with Crippen molar-refractivity contribution in [2.24, 2.45) is 0 Å². The Morgan fingerprint density at radius 2 is 0.484 bits per heavy atom. The summed E-state index contributed by atoms with van der Waals surface area (Å²) in [6.45, 7) is 6.43. The molecule has 8 nitrogen and oxygen atoms in total. The Morgan fingerprint density at radius 1 is 0.180 bits per heavy atom. The normalized spacial score (nSPS) is 10.6. The number of aryl methyl sites for hydroxylation is 3. The minimum Gasteiger partial charge on any atom is -0.305 e. The SMILES string of the molecule is Cc1cc(-c2[c-]cccc2)ncc1-c1cc2ccccc2c2ncccc12.Cc1cc(-c2[c-]cccc2)ncc1-c1ccc2c3ccccc3c3ccccc3c2c1.Cc1cc(-c2[c-]cccc2)ncc1-c1cnc2c3ccccc3c3ccccc3c2c1.[Ir].[Ir].[Ir].[c-]1ccccc1-c1ccccn1.[c-]1ccccc1-c1ccccn1.[c-]1ccccc1-c1ccccn1. The Bertz CT molecular complexity index is 7060. The van der Waals surface area contributed by atoms with Crippen LogP contribution in [0.5, 0.6) is 0 Å². The molecule has 23 aromatic rings. The molecule has 15 aromatic carbocycles. The molecule has 0 aliphatic heterocycles. The molecule has 8 heterocycles. The summed E-state index contributed by atoms with van der Waals surface area (Å²) in [5.74, 6) is 0. The number of hydrogen-bond acceptors (Lipinski definition) is 8. The van der Waals surface area contributed by atoms with Gasteiger partial charge in [-0.3, -0.25) is 9.97 Å².